The van der Waals surface area contributed by atoms with E-state index >= 15 is 0 Å². The average molecular weight is 393 g/mol. The summed E-state index contributed by atoms with van der Waals surface area (Å²) in [6.07, 6.45) is 2.71. The fraction of sp³-hybridized carbons (Fsp3) is 0.154. The largest absolute Gasteiger partial charge is 0.366 e. The first-order chi connectivity index (χ1) is 14.7. The monoisotopic (exact) mass is 393 g/mol. The minimum Gasteiger partial charge on any atom is -0.366 e. The maximum absolute atomic E-state index is 13.0. The van der Waals surface area contributed by atoms with E-state index in [1.54, 1.807) is 0 Å². The second-order valence-electron chi connectivity index (χ2n) is 7.78. The lowest BCUT2D eigenvalue weighted by atomic mass is 9.93. The van der Waals surface area contributed by atoms with Crippen LogP contribution in [-0.4, -0.2) is 17.4 Å². The van der Waals surface area contributed by atoms with Crippen molar-refractivity contribution in [1.29, 1.82) is 0 Å². The van der Waals surface area contributed by atoms with Crippen LogP contribution in [0.4, 0.5) is 11.4 Å². The van der Waals surface area contributed by atoms with Gasteiger partial charge in [-0.3, -0.25) is 9.78 Å². The number of nitrogens with zero attached hydrogens (tertiary/aromatic N) is 2. The molecule has 148 valence electrons. The third-order valence-electron chi connectivity index (χ3n) is 5.79. The molecule has 5 rings (SSSR count). The molecule has 0 saturated carbocycles. The van der Waals surface area contributed by atoms with Gasteiger partial charge in [0.2, 0.25) is 0 Å². The van der Waals surface area contributed by atoms with Crippen molar-refractivity contribution >= 4 is 28.2 Å². The van der Waals surface area contributed by atoms with Crippen molar-refractivity contribution < 1.29 is 4.79 Å². The van der Waals surface area contributed by atoms with Gasteiger partial charge in [-0.05, 0) is 54.8 Å². The predicted octanol–water partition coefficient (Wildman–Crippen LogP) is 5.36. The molecule has 0 aliphatic carbocycles. The summed E-state index contributed by atoms with van der Waals surface area (Å²) in [5.41, 5.74) is 7.33. The molecule has 4 aromatic rings. The fourth-order valence-corrected chi connectivity index (χ4v) is 4.22. The van der Waals surface area contributed by atoms with Crippen molar-refractivity contribution in [3.05, 3.63) is 101 Å². The van der Waals surface area contributed by atoms with Gasteiger partial charge in [0.15, 0.2) is 0 Å². The van der Waals surface area contributed by atoms with E-state index in [4.69, 9.17) is 0 Å². The number of aryl methyl sites for hydroxylation is 1. The molecule has 1 aliphatic rings. The number of rotatable bonds is 3. The van der Waals surface area contributed by atoms with E-state index in [1.165, 1.54) is 16.8 Å². The first kappa shape index (κ1) is 18.4. The second-order valence-corrected chi connectivity index (χ2v) is 7.78. The molecule has 4 nitrogen and oxygen atoms in total. The Balaban J connectivity index is 1.43. The quantitative estimate of drug-likeness (QED) is 0.510. The van der Waals surface area contributed by atoms with Gasteiger partial charge in [0, 0.05) is 41.6 Å². The number of para-hydroxylation sites is 1. The molecule has 1 amide bonds. The minimum absolute atomic E-state index is 0.0430. The molecule has 0 radical (unpaired) electrons. The number of hydrogen-bond donors (Lipinski definition) is 1. The Morgan fingerprint density at radius 2 is 1.80 bits per heavy atom. The lowest BCUT2D eigenvalue weighted by Crippen LogP contribution is -2.32. The first-order valence-corrected chi connectivity index (χ1v) is 10.3. The molecule has 0 fully saturated rings. The third kappa shape index (κ3) is 3.41. The van der Waals surface area contributed by atoms with Crippen LogP contribution in [0, 0.1) is 6.92 Å². The Morgan fingerprint density at radius 3 is 2.67 bits per heavy atom. The van der Waals surface area contributed by atoms with E-state index in [1.807, 2.05) is 61.7 Å². The molecule has 1 aromatic heterocycles. The maximum atomic E-state index is 13.0. The molecule has 1 aliphatic heterocycles. The second kappa shape index (κ2) is 7.64. The molecule has 2 heterocycles. The van der Waals surface area contributed by atoms with Crippen LogP contribution in [0.25, 0.3) is 10.9 Å². The van der Waals surface area contributed by atoms with Crippen molar-refractivity contribution in [2.45, 2.75) is 19.9 Å². The van der Waals surface area contributed by atoms with Gasteiger partial charge >= 0.3 is 0 Å². The zero-order chi connectivity index (χ0) is 20.5. The summed E-state index contributed by atoms with van der Waals surface area (Å²) in [7, 11) is 0. The topological polar surface area (TPSA) is 45.2 Å². The maximum Gasteiger partial charge on any atom is 0.255 e. The molecule has 0 spiro atoms. The Hall–Kier alpha value is -3.66. The summed E-state index contributed by atoms with van der Waals surface area (Å²) in [4.78, 5) is 19.8. The van der Waals surface area contributed by atoms with Crippen molar-refractivity contribution in [1.82, 2.24) is 4.98 Å². The zero-order valence-electron chi connectivity index (χ0n) is 16.9. The van der Waals surface area contributed by atoms with Crippen LogP contribution < -0.4 is 10.2 Å². The van der Waals surface area contributed by atoms with E-state index < -0.39 is 0 Å². The van der Waals surface area contributed by atoms with Gasteiger partial charge in [0.25, 0.3) is 5.91 Å². The van der Waals surface area contributed by atoms with Crippen molar-refractivity contribution in [2.24, 2.45) is 0 Å². The average Bonchev–Trinajstić information content (AvgIpc) is 2.79. The van der Waals surface area contributed by atoms with Crippen molar-refractivity contribution in [2.75, 3.05) is 16.8 Å². The van der Waals surface area contributed by atoms with Gasteiger partial charge in [0.05, 0.1) is 5.52 Å². The van der Waals surface area contributed by atoms with Gasteiger partial charge in [-0.15, -0.1) is 0 Å². The van der Waals surface area contributed by atoms with Gasteiger partial charge in [-0.1, -0.05) is 48.0 Å². The SMILES string of the molecule is Cc1ccc(NC(=O)c2cccc3c2CCN(c2ccnc4ccccc24)C3)cc1. The number of carbonyl (C=O) groups is 1. The first-order valence-electron chi connectivity index (χ1n) is 10.3. The molecule has 0 bridgehead atoms. The number of pyridine rings is 1. The van der Waals surface area contributed by atoms with Crippen LogP contribution in [0.3, 0.4) is 0 Å². The van der Waals surface area contributed by atoms with Crippen LogP contribution in [0.2, 0.25) is 0 Å². The van der Waals surface area contributed by atoms with Crippen LogP contribution in [0.1, 0.15) is 27.0 Å². The normalized spacial score (nSPS) is 13.2. The molecular weight excluding hydrogens is 370 g/mol. The molecule has 0 saturated heterocycles. The molecule has 0 unspecified atom stereocenters. The predicted molar refractivity (Wildman–Crippen MR) is 122 cm³/mol. The van der Waals surface area contributed by atoms with Crippen LogP contribution in [-0.2, 0) is 13.0 Å². The number of hydrogen-bond acceptors (Lipinski definition) is 3. The minimum atomic E-state index is -0.0430. The van der Waals surface area contributed by atoms with E-state index in [0.29, 0.717) is 0 Å². The molecule has 30 heavy (non-hydrogen) atoms. The summed E-state index contributed by atoms with van der Waals surface area (Å²) in [6, 6.07) is 24.3. The highest BCUT2D eigenvalue weighted by Crippen LogP contribution is 2.31. The third-order valence-corrected chi connectivity index (χ3v) is 5.79. The van der Waals surface area contributed by atoms with Gasteiger partial charge in [0.1, 0.15) is 0 Å². The molecular formula is C26H23N3O. The summed E-state index contributed by atoms with van der Waals surface area (Å²) in [6.45, 7) is 3.70. The van der Waals surface area contributed by atoms with Crippen LogP contribution in [0.15, 0.2) is 79.0 Å². The molecule has 4 heteroatoms. The van der Waals surface area contributed by atoms with Crippen molar-refractivity contribution in [3.63, 3.8) is 0 Å². The number of nitrogens with one attached hydrogen (secondary N) is 1. The summed E-state index contributed by atoms with van der Waals surface area (Å²) >= 11 is 0. The van der Waals surface area contributed by atoms with E-state index in [0.717, 1.165) is 47.2 Å². The summed E-state index contributed by atoms with van der Waals surface area (Å²) in [5.74, 6) is -0.0430. The van der Waals surface area contributed by atoms with E-state index in [2.05, 4.69) is 39.5 Å². The highest BCUT2D eigenvalue weighted by atomic mass is 16.1. The molecule has 0 atom stereocenters. The zero-order valence-corrected chi connectivity index (χ0v) is 16.9. The highest BCUT2D eigenvalue weighted by molar-refractivity contribution is 6.05. The van der Waals surface area contributed by atoms with Gasteiger partial charge in [-0.2, -0.15) is 0 Å². The smallest absolute Gasteiger partial charge is 0.255 e. The fourth-order valence-electron chi connectivity index (χ4n) is 4.22. The van der Waals surface area contributed by atoms with Crippen LogP contribution >= 0.6 is 0 Å². The number of amides is 1. The molecule has 3 aromatic carbocycles. The molecule has 1 N–H and O–H groups in total. The standard InChI is InChI=1S/C26H23N3O/c1-18-9-11-20(12-10-18)28-26(30)22-7-4-5-19-17-29(16-14-21(19)22)25-13-15-27-24-8-3-2-6-23(24)25/h2-13,15H,14,16-17H2,1H3,(H,28,30). The number of carbonyl (C=O) groups excluding carboxylic acids is 1. The van der Waals surface area contributed by atoms with Gasteiger partial charge < -0.3 is 10.2 Å². The summed E-state index contributed by atoms with van der Waals surface area (Å²) < 4.78 is 0. The van der Waals surface area contributed by atoms with Crippen molar-refractivity contribution in [3.8, 4) is 0 Å². The van der Waals surface area contributed by atoms with Crippen LogP contribution in [0.5, 0.6) is 0 Å². The lowest BCUT2D eigenvalue weighted by molar-refractivity contribution is 0.102. The lowest BCUT2D eigenvalue weighted by Gasteiger charge is -2.32. The van der Waals surface area contributed by atoms with Gasteiger partial charge in [-0.25, -0.2) is 0 Å². The van der Waals surface area contributed by atoms with E-state index in [-0.39, 0.29) is 5.91 Å². The Morgan fingerprint density at radius 1 is 0.967 bits per heavy atom. The van der Waals surface area contributed by atoms with E-state index in [9.17, 15) is 4.79 Å². The number of aromatic nitrogens is 1. The number of fused-ring (bicyclic) bond motifs is 2. The summed E-state index contributed by atoms with van der Waals surface area (Å²) in [5, 5.41) is 4.21. The Labute approximate surface area is 176 Å². The highest BCUT2D eigenvalue weighted by Gasteiger charge is 2.22. The Kier molecular flexibility index (Phi) is 4.68. The number of benzene rings is 3. The number of anilines is 2. The Bertz CT molecular complexity index is 1230.